The third-order valence-corrected chi connectivity index (χ3v) is 4.58. The molecular weight excluding hydrogens is 264 g/mol. The van der Waals surface area contributed by atoms with Crippen molar-refractivity contribution in [2.24, 2.45) is 0 Å². The topological polar surface area (TPSA) is 49.4 Å². The maximum atomic E-state index is 13.0. The van der Waals surface area contributed by atoms with E-state index in [9.17, 15) is 9.59 Å². The molecule has 1 heterocycles. The largest absolute Gasteiger partial charge is 0.340 e. The zero-order chi connectivity index (χ0) is 15.8. The fourth-order valence-electron chi connectivity index (χ4n) is 3.04. The van der Waals surface area contributed by atoms with Crippen LogP contribution >= 0.6 is 0 Å². The molecule has 1 atom stereocenters. The van der Waals surface area contributed by atoms with Crippen LogP contribution in [0, 0.1) is 13.8 Å². The molecule has 0 aromatic heterocycles. The quantitative estimate of drug-likeness (QED) is 0.929. The summed E-state index contributed by atoms with van der Waals surface area (Å²) in [5.41, 5.74) is 2.22. The van der Waals surface area contributed by atoms with E-state index < -0.39 is 11.6 Å². The Bertz CT molecular complexity index is 576. The molecule has 1 aliphatic rings. The van der Waals surface area contributed by atoms with Crippen LogP contribution in [0.5, 0.6) is 0 Å². The first-order chi connectivity index (χ1) is 9.86. The van der Waals surface area contributed by atoms with Gasteiger partial charge in [-0.05, 0) is 45.2 Å². The number of carbonyl (C=O) groups excluding carboxylic acids is 2. The number of benzene rings is 1. The van der Waals surface area contributed by atoms with Gasteiger partial charge in [-0.3, -0.25) is 14.5 Å². The molecule has 0 saturated carbocycles. The van der Waals surface area contributed by atoms with Crippen LogP contribution in [0.2, 0.25) is 0 Å². The lowest BCUT2D eigenvalue weighted by atomic mass is 9.86. The Morgan fingerprint density at radius 3 is 2.33 bits per heavy atom. The van der Waals surface area contributed by atoms with E-state index in [2.05, 4.69) is 5.32 Å². The van der Waals surface area contributed by atoms with Crippen LogP contribution in [-0.4, -0.2) is 23.4 Å². The molecule has 1 fully saturated rings. The molecule has 0 bridgehead atoms. The third-order valence-electron chi connectivity index (χ3n) is 4.58. The van der Waals surface area contributed by atoms with Crippen molar-refractivity contribution in [2.45, 2.75) is 59.0 Å². The second-order valence-corrected chi connectivity index (χ2v) is 5.92. The molecule has 1 unspecified atom stereocenters. The van der Waals surface area contributed by atoms with Crippen LogP contribution in [0.1, 0.15) is 44.7 Å². The molecule has 0 radical (unpaired) electrons. The number of amides is 2. The summed E-state index contributed by atoms with van der Waals surface area (Å²) in [4.78, 5) is 27.0. The maximum absolute atomic E-state index is 13.0. The zero-order valence-corrected chi connectivity index (χ0v) is 13.5. The first kappa shape index (κ1) is 15.5. The van der Waals surface area contributed by atoms with E-state index in [4.69, 9.17) is 0 Å². The van der Waals surface area contributed by atoms with Crippen molar-refractivity contribution in [3.63, 3.8) is 0 Å². The van der Waals surface area contributed by atoms with Gasteiger partial charge >= 0.3 is 0 Å². The number of hydrogen-bond acceptors (Lipinski definition) is 2. The highest BCUT2D eigenvalue weighted by atomic mass is 16.2. The molecule has 1 N–H and O–H groups in total. The van der Waals surface area contributed by atoms with E-state index in [0.29, 0.717) is 12.8 Å². The van der Waals surface area contributed by atoms with Crippen LogP contribution in [0.4, 0.5) is 5.69 Å². The van der Waals surface area contributed by atoms with Gasteiger partial charge in [-0.1, -0.05) is 31.5 Å². The molecule has 1 aromatic carbocycles. The molecule has 2 rings (SSSR count). The van der Waals surface area contributed by atoms with Crippen molar-refractivity contribution in [3.05, 3.63) is 29.3 Å². The number of nitrogens with one attached hydrogen (secondary N) is 1. The first-order valence-corrected chi connectivity index (χ1v) is 7.59. The van der Waals surface area contributed by atoms with Crippen LogP contribution in [-0.2, 0) is 9.59 Å². The average molecular weight is 288 g/mol. The van der Waals surface area contributed by atoms with Crippen LogP contribution in [0.25, 0.3) is 0 Å². The van der Waals surface area contributed by atoms with E-state index in [1.165, 1.54) is 0 Å². The molecule has 21 heavy (non-hydrogen) atoms. The molecule has 1 saturated heterocycles. The average Bonchev–Trinajstić information content (AvgIpc) is 2.45. The van der Waals surface area contributed by atoms with Gasteiger partial charge in [0.2, 0.25) is 5.91 Å². The summed E-state index contributed by atoms with van der Waals surface area (Å²) in [5.74, 6) is -0.0928. The summed E-state index contributed by atoms with van der Waals surface area (Å²) < 4.78 is 0. The highest BCUT2D eigenvalue weighted by molar-refractivity contribution is 6.11. The summed E-state index contributed by atoms with van der Waals surface area (Å²) >= 11 is 0. The van der Waals surface area contributed by atoms with Gasteiger partial charge in [0.1, 0.15) is 11.6 Å². The zero-order valence-electron chi connectivity index (χ0n) is 13.5. The fraction of sp³-hybridized carbons (Fsp3) is 0.529. The molecular formula is C17H24N2O2. The Balaban J connectivity index is 2.53. The minimum atomic E-state index is -0.777. The fourth-order valence-corrected chi connectivity index (χ4v) is 3.04. The molecule has 2 amide bonds. The SMILES string of the molecule is CCC1(CC)NC(=O)C(C)N(c2ccc(C)cc2C)C1=O. The number of nitrogens with zero attached hydrogens (tertiary/aromatic N) is 1. The number of rotatable bonds is 3. The second-order valence-electron chi connectivity index (χ2n) is 5.92. The van der Waals surface area contributed by atoms with Crippen molar-refractivity contribution in [1.29, 1.82) is 0 Å². The lowest BCUT2D eigenvalue weighted by Crippen LogP contribution is -2.69. The lowest BCUT2D eigenvalue weighted by molar-refractivity contribution is -0.138. The molecule has 0 aliphatic carbocycles. The number of anilines is 1. The Morgan fingerprint density at radius 1 is 1.19 bits per heavy atom. The highest BCUT2D eigenvalue weighted by Gasteiger charge is 2.48. The molecule has 1 aromatic rings. The van der Waals surface area contributed by atoms with Crippen LogP contribution in [0.3, 0.4) is 0 Å². The van der Waals surface area contributed by atoms with Gasteiger partial charge in [-0.2, -0.15) is 0 Å². The van der Waals surface area contributed by atoms with Gasteiger partial charge in [0.15, 0.2) is 0 Å². The summed E-state index contributed by atoms with van der Waals surface area (Å²) in [5, 5.41) is 2.93. The predicted molar refractivity (Wildman–Crippen MR) is 84.3 cm³/mol. The van der Waals surface area contributed by atoms with E-state index >= 15 is 0 Å². The predicted octanol–water partition coefficient (Wildman–Crippen LogP) is 2.71. The lowest BCUT2D eigenvalue weighted by Gasteiger charge is -2.44. The highest BCUT2D eigenvalue weighted by Crippen LogP contribution is 2.31. The van der Waals surface area contributed by atoms with Crippen molar-refractivity contribution in [2.75, 3.05) is 4.90 Å². The smallest absolute Gasteiger partial charge is 0.253 e. The third kappa shape index (κ3) is 2.43. The monoisotopic (exact) mass is 288 g/mol. The van der Waals surface area contributed by atoms with E-state index in [0.717, 1.165) is 16.8 Å². The normalized spacial score (nSPS) is 21.4. The Morgan fingerprint density at radius 2 is 1.81 bits per heavy atom. The molecule has 1 aliphatic heterocycles. The summed E-state index contributed by atoms with van der Waals surface area (Å²) in [7, 11) is 0. The molecule has 4 heteroatoms. The minimum Gasteiger partial charge on any atom is -0.340 e. The second kappa shape index (κ2) is 5.51. The Labute approximate surface area is 126 Å². The first-order valence-electron chi connectivity index (χ1n) is 7.59. The van der Waals surface area contributed by atoms with Crippen molar-refractivity contribution in [1.82, 2.24) is 5.32 Å². The van der Waals surface area contributed by atoms with E-state index in [1.807, 2.05) is 45.9 Å². The summed E-state index contributed by atoms with van der Waals surface area (Å²) in [6.45, 7) is 9.67. The summed E-state index contributed by atoms with van der Waals surface area (Å²) in [6, 6.07) is 5.48. The maximum Gasteiger partial charge on any atom is 0.253 e. The van der Waals surface area contributed by atoms with Gasteiger partial charge in [0, 0.05) is 5.69 Å². The van der Waals surface area contributed by atoms with Gasteiger partial charge in [-0.25, -0.2) is 0 Å². The molecule has 4 nitrogen and oxygen atoms in total. The minimum absolute atomic E-state index is 0.00782. The molecule has 0 spiro atoms. The van der Waals surface area contributed by atoms with Gasteiger partial charge < -0.3 is 5.32 Å². The van der Waals surface area contributed by atoms with Crippen LogP contribution in [0.15, 0.2) is 18.2 Å². The number of carbonyl (C=O) groups is 2. The number of piperazine rings is 1. The Hall–Kier alpha value is -1.84. The Kier molecular flexibility index (Phi) is 4.08. The van der Waals surface area contributed by atoms with Gasteiger partial charge in [0.25, 0.3) is 5.91 Å². The number of hydrogen-bond donors (Lipinski definition) is 1. The standard InChI is InChI=1S/C17H24N2O2/c1-6-17(7-2)16(21)19(13(5)15(20)18-17)14-9-8-11(3)10-12(14)4/h8-10,13H,6-7H2,1-5H3,(H,18,20). The van der Waals surface area contributed by atoms with E-state index in [1.54, 1.807) is 11.8 Å². The number of aryl methyl sites for hydroxylation is 2. The van der Waals surface area contributed by atoms with Gasteiger partial charge in [-0.15, -0.1) is 0 Å². The molecule has 114 valence electrons. The van der Waals surface area contributed by atoms with E-state index in [-0.39, 0.29) is 11.8 Å². The van der Waals surface area contributed by atoms with Crippen molar-refractivity contribution in [3.8, 4) is 0 Å². The summed E-state index contributed by atoms with van der Waals surface area (Å²) in [6.07, 6.45) is 1.20. The van der Waals surface area contributed by atoms with Crippen LogP contribution < -0.4 is 10.2 Å². The van der Waals surface area contributed by atoms with Crippen molar-refractivity contribution >= 4 is 17.5 Å². The van der Waals surface area contributed by atoms with Crippen molar-refractivity contribution < 1.29 is 9.59 Å². The van der Waals surface area contributed by atoms with Gasteiger partial charge in [0.05, 0.1) is 0 Å².